The Morgan fingerprint density at radius 2 is 1.84 bits per heavy atom. The Balaban J connectivity index is 1.98. The van der Waals surface area contributed by atoms with Gasteiger partial charge in [0.25, 0.3) is 0 Å². The van der Waals surface area contributed by atoms with E-state index < -0.39 is 0 Å². The lowest BCUT2D eigenvalue weighted by atomic mass is 9.95. The average molecular weight is 345 g/mol. The number of halogens is 1. The van der Waals surface area contributed by atoms with E-state index in [0.717, 1.165) is 5.56 Å². The van der Waals surface area contributed by atoms with E-state index in [4.69, 9.17) is 4.42 Å². The van der Waals surface area contributed by atoms with Crippen molar-refractivity contribution in [3.63, 3.8) is 0 Å². The maximum Gasteiger partial charge on any atom is 0.220 e. The quantitative estimate of drug-likeness (QED) is 0.758. The van der Waals surface area contributed by atoms with Crippen LogP contribution in [0.3, 0.4) is 0 Å². The normalized spacial score (nSPS) is 12.2. The van der Waals surface area contributed by atoms with E-state index in [1.807, 2.05) is 13.8 Å². The Labute approximate surface area is 147 Å². The second-order valence-corrected chi connectivity index (χ2v) is 6.58. The molecule has 1 atom stereocenters. The minimum atomic E-state index is -0.299. The van der Waals surface area contributed by atoms with Crippen molar-refractivity contribution >= 4 is 11.7 Å². The summed E-state index contributed by atoms with van der Waals surface area (Å²) in [5.74, 6) is 0.918. The molecule has 1 heterocycles. The number of hydrogen-bond acceptors (Lipinski definition) is 3. The molecule has 0 saturated carbocycles. The maximum absolute atomic E-state index is 13.1. The molecule has 0 bridgehead atoms. The van der Waals surface area contributed by atoms with Gasteiger partial charge in [-0.05, 0) is 43.5 Å². The standard InChI is InChI=1S/C20H24FNO3/c1-12(2)20(15-5-7-16(21)8-6-15)22-19(24)10-9-17-11-18(13(3)23)14(4)25-17/h5-8,11-12,20H,9-10H2,1-4H3,(H,22,24)/t20-/m1/s1. The van der Waals surface area contributed by atoms with Crippen LogP contribution in [0.2, 0.25) is 0 Å². The number of ketones is 1. The average Bonchev–Trinajstić information content (AvgIpc) is 2.92. The van der Waals surface area contributed by atoms with Crippen molar-refractivity contribution < 1.29 is 18.4 Å². The number of Topliss-reactive ketones (excluding diaryl/α,β-unsaturated/α-hetero) is 1. The van der Waals surface area contributed by atoms with Crippen molar-refractivity contribution in [1.29, 1.82) is 0 Å². The topological polar surface area (TPSA) is 59.3 Å². The summed E-state index contributed by atoms with van der Waals surface area (Å²) in [6, 6.07) is 7.69. The monoisotopic (exact) mass is 345 g/mol. The van der Waals surface area contributed by atoms with Crippen LogP contribution in [-0.4, -0.2) is 11.7 Å². The zero-order valence-electron chi connectivity index (χ0n) is 15.1. The summed E-state index contributed by atoms with van der Waals surface area (Å²) in [6.45, 7) is 7.24. The number of benzene rings is 1. The SMILES string of the molecule is CC(=O)c1cc(CCC(=O)N[C@@H](c2ccc(F)cc2)C(C)C)oc1C. The van der Waals surface area contributed by atoms with Crippen molar-refractivity contribution in [2.75, 3.05) is 0 Å². The number of rotatable bonds is 7. The van der Waals surface area contributed by atoms with Gasteiger partial charge < -0.3 is 9.73 Å². The van der Waals surface area contributed by atoms with E-state index in [9.17, 15) is 14.0 Å². The molecule has 2 rings (SSSR count). The molecule has 0 fully saturated rings. The number of carbonyl (C=O) groups excluding carboxylic acids is 2. The third kappa shape index (κ3) is 5.02. The van der Waals surface area contributed by atoms with E-state index in [1.54, 1.807) is 25.1 Å². The van der Waals surface area contributed by atoms with Crippen LogP contribution in [0, 0.1) is 18.7 Å². The highest BCUT2D eigenvalue weighted by atomic mass is 19.1. The zero-order valence-corrected chi connectivity index (χ0v) is 15.1. The summed E-state index contributed by atoms with van der Waals surface area (Å²) in [4.78, 5) is 23.8. The fraction of sp³-hybridized carbons (Fsp3) is 0.400. The molecule has 1 N–H and O–H groups in total. The number of furan rings is 1. The number of carbonyl (C=O) groups is 2. The summed E-state index contributed by atoms with van der Waals surface area (Å²) < 4.78 is 18.6. The van der Waals surface area contributed by atoms with Crippen molar-refractivity contribution in [1.82, 2.24) is 5.32 Å². The highest BCUT2D eigenvalue weighted by Gasteiger charge is 2.19. The molecule has 4 nitrogen and oxygen atoms in total. The number of hydrogen-bond donors (Lipinski definition) is 1. The van der Waals surface area contributed by atoms with E-state index in [2.05, 4.69) is 5.32 Å². The number of aryl methyl sites for hydroxylation is 2. The first-order chi connectivity index (χ1) is 11.8. The molecule has 1 aromatic heterocycles. The molecule has 0 saturated heterocycles. The molecule has 1 aromatic carbocycles. The van der Waals surface area contributed by atoms with Crippen LogP contribution in [0.4, 0.5) is 4.39 Å². The van der Waals surface area contributed by atoms with Crippen LogP contribution in [-0.2, 0) is 11.2 Å². The van der Waals surface area contributed by atoms with Gasteiger partial charge in [-0.15, -0.1) is 0 Å². The lowest BCUT2D eigenvalue weighted by Gasteiger charge is -2.23. The molecular formula is C20H24FNO3. The van der Waals surface area contributed by atoms with E-state index in [1.165, 1.54) is 19.1 Å². The Bertz CT molecular complexity index is 747. The second-order valence-electron chi connectivity index (χ2n) is 6.58. The number of amides is 1. The van der Waals surface area contributed by atoms with Gasteiger partial charge in [-0.2, -0.15) is 0 Å². The van der Waals surface area contributed by atoms with Gasteiger partial charge in [0.1, 0.15) is 17.3 Å². The smallest absolute Gasteiger partial charge is 0.220 e. The van der Waals surface area contributed by atoms with Gasteiger partial charge in [-0.1, -0.05) is 26.0 Å². The molecule has 0 radical (unpaired) electrons. The molecule has 134 valence electrons. The van der Waals surface area contributed by atoms with Crippen molar-refractivity contribution in [3.05, 3.63) is 58.8 Å². The fourth-order valence-corrected chi connectivity index (χ4v) is 2.80. The van der Waals surface area contributed by atoms with Gasteiger partial charge in [0, 0.05) is 12.8 Å². The third-order valence-electron chi connectivity index (χ3n) is 4.16. The van der Waals surface area contributed by atoms with Gasteiger partial charge >= 0.3 is 0 Å². The minimum Gasteiger partial charge on any atom is -0.466 e. The highest BCUT2D eigenvalue weighted by molar-refractivity contribution is 5.95. The van der Waals surface area contributed by atoms with Gasteiger partial charge in [0.05, 0.1) is 11.6 Å². The van der Waals surface area contributed by atoms with Gasteiger partial charge in [0.2, 0.25) is 5.91 Å². The first-order valence-electron chi connectivity index (χ1n) is 8.43. The molecule has 0 aliphatic heterocycles. The van der Waals surface area contributed by atoms with Crippen molar-refractivity contribution in [3.8, 4) is 0 Å². The van der Waals surface area contributed by atoms with Gasteiger partial charge in [-0.25, -0.2) is 4.39 Å². The highest BCUT2D eigenvalue weighted by Crippen LogP contribution is 2.22. The molecule has 25 heavy (non-hydrogen) atoms. The molecule has 5 heteroatoms. The van der Waals surface area contributed by atoms with E-state index in [0.29, 0.717) is 23.5 Å². The van der Waals surface area contributed by atoms with Gasteiger partial charge in [0.15, 0.2) is 5.78 Å². The molecule has 0 aliphatic rings. The summed E-state index contributed by atoms with van der Waals surface area (Å²) in [5, 5.41) is 3.00. The molecule has 0 unspecified atom stereocenters. The summed E-state index contributed by atoms with van der Waals surface area (Å²) in [6.07, 6.45) is 0.683. The lowest BCUT2D eigenvalue weighted by Crippen LogP contribution is -2.31. The molecule has 2 aromatic rings. The lowest BCUT2D eigenvalue weighted by molar-refractivity contribution is -0.122. The van der Waals surface area contributed by atoms with Crippen LogP contribution in [0.5, 0.6) is 0 Å². The minimum absolute atomic E-state index is 0.0480. The van der Waals surface area contributed by atoms with Crippen LogP contribution in [0.15, 0.2) is 34.7 Å². The molecule has 0 aliphatic carbocycles. The van der Waals surface area contributed by atoms with E-state index >= 15 is 0 Å². The van der Waals surface area contributed by atoms with Crippen molar-refractivity contribution in [2.24, 2.45) is 5.92 Å². The molecule has 1 amide bonds. The Morgan fingerprint density at radius 3 is 2.36 bits per heavy atom. The first kappa shape index (κ1) is 18.9. The summed E-state index contributed by atoms with van der Waals surface area (Å²) in [5.41, 5.74) is 1.43. The number of nitrogens with one attached hydrogen (secondary N) is 1. The third-order valence-corrected chi connectivity index (χ3v) is 4.16. The van der Waals surface area contributed by atoms with Crippen LogP contribution < -0.4 is 5.32 Å². The first-order valence-corrected chi connectivity index (χ1v) is 8.43. The Morgan fingerprint density at radius 1 is 1.20 bits per heavy atom. The van der Waals surface area contributed by atoms with Crippen LogP contribution >= 0.6 is 0 Å². The van der Waals surface area contributed by atoms with Crippen molar-refractivity contribution in [2.45, 2.75) is 46.6 Å². The van der Waals surface area contributed by atoms with Gasteiger partial charge in [-0.3, -0.25) is 9.59 Å². The Kier molecular flexibility index (Phi) is 6.12. The predicted octanol–water partition coefficient (Wildman–Crippen LogP) is 4.38. The summed E-state index contributed by atoms with van der Waals surface area (Å²) >= 11 is 0. The van der Waals surface area contributed by atoms with E-state index in [-0.39, 0.29) is 35.9 Å². The van der Waals surface area contributed by atoms with Crippen LogP contribution in [0.1, 0.15) is 60.7 Å². The fourth-order valence-electron chi connectivity index (χ4n) is 2.80. The van der Waals surface area contributed by atoms with Crippen LogP contribution in [0.25, 0.3) is 0 Å². The zero-order chi connectivity index (χ0) is 18.6. The largest absolute Gasteiger partial charge is 0.466 e. The molecular weight excluding hydrogens is 321 g/mol. The Hall–Kier alpha value is -2.43. The summed E-state index contributed by atoms with van der Waals surface area (Å²) in [7, 11) is 0. The predicted molar refractivity (Wildman–Crippen MR) is 93.9 cm³/mol. The maximum atomic E-state index is 13.1. The second kappa shape index (κ2) is 8.10. The molecule has 0 spiro atoms.